The highest BCUT2D eigenvalue weighted by molar-refractivity contribution is 6.35. The van der Waals surface area contributed by atoms with Gasteiger partial charge in [0.15, 0.2) is 0 Å². The minimum atomic E-state index is 0.588. The first-order chi connectivity index (χ1) is 8.27. The summed E-state index contributed by atoms with van der Waals surface area (Å²) in [5.41, 5.74) is 0.992. The molecular weight excluding hydrogens is 255 g/mol. The third-order valence-corrected chi connectivity index (χ3v) is 3.87. The van der Waals surface area contributed by atoms with Crippen LogP contribution in [0.5, 0.6) is 0 Å². The van der Waals surface area contributed by atoms with E-state index in [9.17, 15) is 0 Å². The van der Waals surface area contributed by atoms with Crippen molar-refractivity contribution in [2.75, 3.05) is 13.1 Å². The standard InChI is InChI=1S/C13H18Cl2N2/c14-12-5-3-6-13(15)11(12)9-16-8-10-4-1-2-7-17-10/h3,5-6,10,16-17H,1-2,4,7-9H2. The lowest BCUT2D eigenvalue weighted by molar-refractivity contribution is 0.383. The molecular formula is C13H18Cl2N2. The molecule has 0 aliphatic carbocycles. The lowest BCUT2D eigenvalue weighted by Crippen LogP contribution is -2.41. The monoisotopic (exact) mass is 272 g/mol. The van der Waals surface area contributed by atoms with Crippen molar-refractivity contribution in [3.05, 3.63) is 33.8 Å². The minimum Gasteiger partial charge on any atom is -0.313 e. The predicted molar refractivity (Wildman–Crippen MR) is 73.8 cm³/mol. The first kappa shape index (κ1) is 13.2. The quantitative estimate of drug-likeness (QED) is 0.880. The summed E-state index contributed by atoms with van der Waals surface area (Å²) >= 11 is 12.2. The summed E-state index contributed by atoms with van der Waals surface area (Å²) < 4.78 is 0. The summed E-state index contributed by atoms with van der Waals surface area (Å²) in [4.78, 5) is 0. The summed E-state index contributed by atoms with van der Waals surface area (Å²) in [5, 5.41) is 8.40. The maximum atomic E-state index is 6.11. The van der Waals surface area contributed by atoms with E-state index < -0.39 is 0 Å². The zero-order valence-electron chi connectivity index (χ0n) is 9.81. The topological polar surface area (TPSA) is 24.1 Å². The molecule has 1 unspecified atom stereocenters. The molecule has 1 aliphatic rings. The van der Waals surface area contributed by atoms with Crippen LogP contribution in [0.4, 0.5) is 0 Å². The van der Waals surface area contributed by atoms with Gasteiger partial charge in [-0.25, -0.2) is 0 Å². The molecule has 0 spiro atoms. The zero-order chi connectivity index (χ0) is 12.1. The number of piperidine rings is 1. The number of nitrogens with one attached hydrogen (secondary N) is 2. The van der Waals surface area contributed by atoms with Crippen LogP contribution in [0.15, 0.2) is 18.2 Å². The number of hydrogen-bond acceptors (Lipinski definition) is 2. The van der Waals surface area contributed by atoms with Crippen molar-refractivity contribution in [1.29, 1.82) is 0 Å². The fraction of sp³-hybridized carbons (Fsp3) is 0.538. The van der Waals surface area contributed by atoms with Gasteiger partial charge in [0.2, 0.25) is 0 Å². The molecule has 0 amide bonds. The fourth-order valence-corrected chi connectivity index (χ4v) is 2.70. The Morgan fingerprint density at radius 1 is 1.24 bits per heavy atom. The maximum Gasteiger partial charge on any atom is 0.0465 e. The van der Waals surface area contributed by atoms with E-state index in [1.54, 1.807) is 0 Å². The molecule has 1 aliphatic heterocycles. The molecule has 17 heavy (non-hydrogen) atoms. The van der Waals surface area contributed by atoms with E-state index in [-0.39, 0.29) is 0 Å². The molecule has 1 atom stereocenters. The van der Waals surface area contributed by atoms with Crippen LogP contribution < -0.4 is 10.6 Å². The average molecular weight is 273 g/mol. The third-order valence-electron chi connectivity index (χ3n) is 3.17. The van der Waals surface area contributed by atoms with Crippen molar-refractivity contribution >= 4 is 23.2 Å². The summed E-state index contributed by atoms with van der Waals surface area (Å²) in [6.07, 6.45) is 3.88. The van der Waals surface area contributed by atoms with E-state index in [1.165, 1.54) is 19.3 Å². The Bertz CT molecular complexity index is 342. The van der Waals surface area contributed by atoms with Crippen molar-refractivity contribution in [1.82, 2.24) is 10.6 Å². The predicted octanol–water partition coefficient (Wildman–Crippen LogP) is 3.23. The molecule has 1 aromatic rings. The third kappa shape index (κ3) is 3.85. The van der Waals surface area contributed by atoms with Crippen LogP contribution in [0.25, 0.3) is 0 Å². The average Bonchev–Trinajstić information content (AvgIpc) is 2.34. The molecule has 2 nitrogen and oxygen atoms in total. The van der Waals surface area contributed by atoms with E-state index in [0.717, 1.165) is 35.2 Å². The lowest BCUT2D eigenvalue weighted by atomic mass is 10.1. The highest BCUT2D eigenvalue weighted by atomic mass is 35.5. The molecule has 0 radical (unpaired) electrons. The van der Waals surface area contributed by atoms with Gasteiger partial charge in [-0.15, -0.1) is 0 Å². The van der Waals surface area contributed by atoms with Gasteiger partial charge in [0.1, 0.15) is 0 Å². The van der Waals surface area contributed by atoms with Crippen LogP contribution in [0.2, 0.25) is 10.0 Å². The van der Waals surface area contributed by atoms with Crippen molar-refractivity contribution in [3.63, 3.8) is 0 Å². The molecule has 0 saturated carbocycles. The lowest BCUT2D eigenvalue weighted by Gasteiger charge is -2.23. The van der Waals surface area contributed by atoms with E-state index in [2.05, 4.69) is 10.6 Å². The molecule has 94 valence electrons. The Labute approximate surface area is 113 Å². The second kappa shape index (κ2) is 6.60. The largest absolute Gasteiger partial charge is 0.313 e. The molecule has 2 N–H and O–H groups in total. The van der Waals surface area contributed by atoms with Gasteiger partial charge in [0.05, 0.1) is 0 Å². The summed E-state index contributed by atoms with van der Waals surface area (Å²) in [6, 6.07) is 6.22. The molecule has 1 heterocycles. The number of halogens is 2. The van der Waals surface area contributed by atoms with Gasteiger partial charge in [-0.1, -0.05) is 35.7 Å². The molecule has 2 rings (SSSR count). The van der Waals surface area contributed by atoms with Gasteiger partial charge in [0.25, 0.3) is 0 Å². The van der Waals surface area contributed by atoms with Gasteiger partial charge in [-0.2, -0.15) is 0 Å². The molecule has 1 aromatic carbocycles. The Morgan fingerprint density at radius 3 is 2.65 bits per heavy atom. The van der Waals surface area contributed by atoms with Gasteiger partial charge < -0.3 is 10.6 Å². The zero-order valence-corrected chi connectivity index (χ0v) is 11.3. The van der Waals surface area contributed by atoms with Crippen molar-refractivity contribution in [2.45, 2.75) is 31.8 Å². The number of hydrogen-bond donors (Lipinski definition) is 2. The second-order valence-corrected chi connectivity index (χ2v) is 5.29. The molecule has 1 fully saturated rings. The number of rotatable bonds is 4. The van der Waals surface area contributed by atoms with E-state index in [4.69, 9.17) is 23.2 Å². The highest BCUT2D eigenvalue weighted by Gasteiger charge is 2.12. The van der Waals surface area contributed by atoms with Gasteiger partial charge in [-0.3, -0.25) is 0 Å². The molecule has 1 saturated heterocycles. The van der Waals surface area contributed by atoms with Crippen LogP contribution in [0.3, 0.4) is 0 Å². The minimum absolute atomic E-state index is 0.588. The summed E-state index contributed by atoms with van der Waals surface area (Å²) in [5.74, 6) is 0. The van der Waals surface area contributed by atoms with Crippen LogP contribution in [-0.2, 0) is 6.54 Å². The van der Waals surface area contributed by atoms with Crippen LogP contribution >= 0.6 is 23.2 Å². The summed E-state index contributed by atoms with van der Waals surface area (Å²) in [7, 11) is 0. The normalized spacial score (nSPS) is 20.5. The highest BCUT2D eigenvalue weighted by Crippen LogP contribution is 2.23. The maximum absolute atomic E-state index is 6.11. The summed E-state index contributed by atoms with van der Waals surface area (Å²) in [6.45, 7) is 2.84. The van der Waals surface area contributed by atoms with Gasteiger partial charge in [0, 0.05) is 34.7 Å². The van der Waals surface area contributed by atoms with Crippen LogP contribution in [0, 0.1) is 0 Å². The Hall–Kier alpha value is -0.280. The van der Waals surface area contributed by atoms with Crippen molar-refractivity contribution in [3.8, 4) is 0 Å². The van der Waals surface area contributed by atoms with Gasteiger partial charge >= 0.3 is 0 Å². The Balaban J connectivity index is 1.81. The number of benzene rings is 1. The second-order valence-electron chi connectivity index (χ2n) is 4.48. The van der Waals surface area contributed by atoms with E-state index >= 15 is 0 Å². The Morgan fingerprint density at radius 2 is 2.00 bits per heavy atom. The van der Waals surface area contributed by atoms with Crippen LogP contribution in [-0.4, -0.2) is 19.1 Å². The Kier molecular flexibility index (Phi) is 5.11. The van der Waals surface area contributed by atoms with E-state index in [1.807, 2.05) is 18.2 Å². The smallest absolute Gasteiger partial charge is 0.0465 e. The first-order valence-electron chi connectivity index (χ1n) is 6.14. The van der Waals surface area contributed by atoms with Crippen molar-refractivity contribution in [2.24, 2.45) is 0 Å². The SMILES string of the molecule is Clc1cccc(Cl)c1CNCC1CCCCN1. The molecule has 0 aromatic heterocycles. The fourth-order valence-electron chi connectivity index (χ4n) is 2.17. The van der Waals surface area contributed by atoms with Crippen molar-refractivity contribution < 1.29 is 0 Å². The van der Waals surface area contributed by atoms with Gasteiger partial charge in [-0.05, 0) is 31.5 Å². The van der Waals surface area contributed by atoms with E-state index in [0.29, 0.717) is 6.04 Å². The van der Waals surface area contributed by atoms with Crippen LogP contribution in [0.1, 0.15) is 24.8 Å². The molecule has 0 bridgehead atoms. The molecule has 4 heteroatoms. The first-order valence-corrected chi connectivity index (χ1v) is 6.90.